The molecule has 0 radical (unpaired) electrons. The predicted octanol–water partition coefficient (Wildman–Crippen LogP) is 1.20. The van der Waals surface area contributed by atoms with E-state index in [1.807, 2.05) is 4.90 Å². The third-order valence-electron chi connectivity index (χ3n) is 6.22. The quantitative estimate of drug-likeness (QED) is 0.740. The molecule has 2 fully saturated rings. The van der Waals surface area contributed by atoms with Crippen LogP contribution in [0, 0.1) is 19.8 Å². The lowest BCUT2D eigenvalue weighted by molar-refractivity contribution is -0.142. The number of hydrogen-bond acceptors (Lipinski definition) is 6. The maximum Gasteiger partial charge on any atom is 0.319 e. The van der Waals surface area contributed by atoms with Gasteiger partial charge in [-0.2, -0.15) is 0 Å². The van der Waals surface area contributed by atoms with E-state index in [0.717, 1.165) is 19.5 Å². The molecular weight excluding hydrogens is 400 g/mol. The van der Waals surface area contributed by atoms with Crippen molar-refractivity contribution in [1.29, 1.82) is 0 Å². The third kappa shape index (κ3) is 5.96. The first kappa shape index (κ1) is 23.1. The van der Waals surface area contributed by atoms with Crippen LogP contribution in [0.5, 0.6) is 0 Å². The number of hydrogen-bond donors (Lipinski definition) is 2. The van der Waals surface area contributed by atoms with Gasteiger partial charge in [-0.15, -0.1) is 0 Å². The van der Waals surface area contributed by atoms with Crippen molar-refractivity contribution in [2.45, 2.75) is 45.6 Å². The molecule has 0 saturated carbocycles. The second-order valence-corrected chi connectivity index (χ2v) is 8.73. The van der Waals surface area contributed by atoms with Gasteiger partial charge in [0.25, 0.3) is 0 Å². The average molecular weight is 435 g/mol. The predicted molar refractivity (Wildman–Crippen MR) is 116 cm³/mol. The smallest absolute Gasteiger partial charge is 0.319 e. The molecule has 0 aliphatic carbocycles. The van der Waals surface area contributed by atoms with Crippen molar-refractivity contribution < 1.29 is 18.9 Å². The molecule has 31 heavy (non-hydrogen) atoms. The summed E-state index contributed by atoms with van der Waals surface area (Å²) in [5.41, 5.74) is 1.17. The van der Waals surface area contributed by atoms with Gasteiger partial charge >= 0.3 is 6.03 Å². The summed E-state index contributed by atoms with van der Waals surface area (Å²) < 4.78 is 5.08. The fourth-order valence-corrected chi connectivity index (χ4v) is 4.21. The van der Waals surface area contributed by atoms with E-state index in [1.54, 1.807) is 25.8 Å². The Labute approximate surface area is 183 Å². The highest BCUT2D eigenvalue weighted by molar-refractivity contribution is 5.90. The molecule has 3 heterocycles. The van der Waals surface area contributed by atoms with Crippen LogP contribution in [0.15, 0.2) is 4.52 Å². The van der Waals surface area contributed by atoms with Gasteiger partial charge in [0.15, 0.2) is 5.76 Å². The van der Waals surface area contributed by atoms with Crippen LogP contribution in [0.1, 0.15) is 37.1 Å². The molecule has 1 aromatic rings. The molecule has 0 aromatic carbocycles. The minimum absolute atomic E-state index is 0.0627. The molecule has 0 unspecified atom stereocenters. The van der Waals surface area contributed by atoms with Gasteiger partial charge in [0.1, 0.15) is 11.4 Å². The monoisotopic (exact) mass is 434 g/mol. The molecule has 2 aliphatic heterocycles. The Kier molecular flexibility index (Phi) is 7.53. The van der Waals surface area contributed by atoms with E-state index in [0.29, 0.717) is 49.6 Å². The van der Waals surface area contributed by atoms with Crippen molar-refractivity contribution >= 4 is 23.5 Å². The van der Waals surface area contributed by atoms with E-state index in [1.165, 1.54) is 0 Å². The lowest BCUT2D eigenvalue weighted by atomic mass is 9.95. The number of carbonyl (C=O) groups is 3. The van der Waals surface area contributed by atoms with Crippen LogP contribution < -0.4 is 10.6 Å². The second-order valence-electron chi connectivity index (χ2n) is 8.73. The van der Waals surface area contributed by atoms with Crippen LogP contribution in [0.2, 0.25) is 0 Å². The minimum Gasteiger partial charge on any atom is -0.359 e. The Morgan fingerprint density at radius 1 is 1.10 bits per heavy atom. The molecule has 0 bridgehead atoms. The highest BCUT2D eigenvalue weighted by Crippen LogP contribution is 2.22. The largest absolute Gasteiger partial charge is 0.359 e. The van der Waals surface area contributed by atoms with Gasteiger partial charge in [-0.1, -0.05) is 11.6 Å². The Hall–Kier alpha value is -2.62. The van der Waals surface area contributed by atoms with Crippen LogP contribution >= 0.6 is 0 Å². The molecule has 2 aliphatic rings. The van der Waals surface area contributed by atoms with Gasteiger partial charge in [-0.25, -0.2) is 4.79 Å². The summed E-state index contributed by atoms with van der Waals surface area (Å²) in [6, 6.07) is -0.559. The van der Waals surface area contributed by atoms with Gasteiger partial charge < -0.3 is 29.9 Å². The summed E-state index contributed by atoms with van der Waals surface area (Å²) in [6.45, 7) is 7.04. The van der Waals surface area contributed by atoms with E-state index < -0.39 is 0 Å². The zero-order valence-electron chi connectivity index (χ0n) is 18.9. The van der Waals surface area contributed by atoms with Gasteiger partial charge in [0.2, 0.25) is 11.8 Å². The topological polar surface area (TPSA) is 111 Å². The van der Waals surface area contributed by atoms with Crippen molar-refractivity contribution in [3.05, 3.63) is 11.5 Å². The van der Waals surface area contributed by atoms with Gasteiger partial charge in [-0.05, 0) is 33.7 Å². The second kappa shape index (κ2) is 10.1. The van der Waals surface area contributed by atoms with Crippen molar-refractivity contribution in [3.63, 3.8) is 0 Å². The molecule has 10 nitrogen and oxygen atoms in total. The number of nitrogens with zero attached hydrogens (tertiary/aromatic N) is 4. The summed E-state index contributed by atoms with van der Waals surface area (Å²) in [5, 5.41) is 9.58. The molecule has 0 spiro atoms. The minimum atomic E-state index is -0.357. The first-order valence-electron chi connectivity index (χ1n) is 11.0. The molecule has 172 valence electrons. The maximum atomic E-state index is 13.0. The standard InChI is InChI=1S/C21H34N6O4/c1-14-19(15(2)31-24-14)23-21(30)22-17-7-5-6-16(12-18(28)26(4)13-17)20(29)27-10-8-25(3)9-11-27/h16-17H,5-13H2,1-4H3,(H2,22,23,30)/t16-,17-/m1/s1. The Morgan fingerprint density at radius 3 is 2.45 bits per heavy atom. The van der Waals surface area contributed by atoms with Crippen molar-refractivity contribution in [3.8, 4) is 0 Å². The SMILES string of the molecule is Cc1noc(C)c1NC(=O)N[C@@H]1CCC[C@@H](C(=O)N2CCN(C)CC2)CC(=O)N(C)C1. The zero-order valence-corrected chi connectivity index (χ0v) is 18.9. The van der Waals surface area contributed by atoms with E-state index in [-0.39, 0.29) is 36.2 Å². The summed E-state index contributed by atoms with van der Waals surface area (Å²) in [4.78, 5) is 44.0. The van der Waals surface area contributed by atoms with Gasteiger partial charge in [0, 0.05) is 58.2 Å². The molecule has 2 atom stereocenters. The number of piperazine rings is 1. The lowest BCUT2D eigenvalue weighted by Gasteiger charge is -2.34. The number of nitrogens with one attached hydrogen (secondary N) is 2. The molecule has 10 heteroatoms. The Morgan fingerprint density at radius 2 is 1.81 bits per heavy atom. The molecule has 3 rings (SSSR count). The lowest BCUT2D eigenvalue weighted by Crippen LogP contribution is -2.49. The summed E-state index contributed by atoms with van der Waals surface area (Å²) in [7, 11) is 3.78. The number of amides is 4. The van der Waals surface area contributed by atoms with Crippen molar-refractivity contribution in [2.75, 3.05) is 52.1 Å². The Balaban J connectivity index is 1.59. The van der Waals surface area contributed by atoms with E-state index in [9.17, 15) is 14.4 Å². The van der Waals surface area contributed by atoms with Crippen molar-refractivity contribution in [1.82, 2.24) is 25.2 Å². The van der Waals surface area contributed by atoms with Gasteiger partial charge in [-0.3, -0.25) is 9.59 Å². The number of aryl methyl sites for hydroxylation is 2. The Bertz CT molecular complexity index is 782. The normalized spacial score (nSPS) is 23.7. The van der Waals surface area contributed by atoms with Crippen LogP contribution in [0.25, 0.3) is 0 Å². The summed E-state index contributed by atoms with van der Waals surface area (Å²) in [6.07, 6.45) is 2.33. The van der Waals surface area contributed by atoms with E-state index in [4.69, 9.17) is 4.52 Å². The first-order valence-corrected chi connectivity index (χ1v) is 11.0. The number of aromatic nitrogens is 1. The van der Waals surface area contributed by atoms with Gasteiger partial charge in [0.05, 0.1) is 0 Å². The number of carbonyl (C=O) groups excluding carboxylic acids is 3. The number of anilines is 1. The fraction of sp³-hybridized carbons (Fsp3) is 0.714. The first-order chi connectivity index (χ1) is 14.7. The van der Waals surface area contributed by atoms with Crippen LogP contribution in [-0.2, 0) is 9.59 Å². The molecular formula is C21H34N6O4. The molecule has 2 saturated heterocycles. The number of likely N-dealkylation sites (N-methyl/N-ethyl adjacent to an activating group) is 2. The number of rotatable bonds is 3. The zero-order chi connectivity index (χ0) is 22.5. The third-order valence-corrected chi connectivity index (χ3v) is 6.22. The van der Waals surface area contributed by atoms with Crippen LogP contribution in [-0.4, -0.2) is 90.6 Å². The maximum absolute atomic E-state index is 13.0. The highest BCUT2D eigenvalue weighted by Gasteiger charge is 2.31. The number of urea groups is 1. The fourth-order valence-electron chi connectivity index (χ4n) is 4.21. The van der Waals surface area contributed by atoms with Crippen molar-refractivity contribution in [2.24, 2.45) is 5.92 Å². The molecule has 4 amide bonds. The summed E-state index contributed by atoms with van der Waals surface area (Å²) in [5.74, 6) is 0.262. The molecule has 1 aromatic heterocycles. The van der Waals surface area contributed by atoms with E-state index >= 15 is 0 Å². The van der Waals surface area contributed by atoms with Crippen LogP contribution in [0.4, 0.5) is 10.5 Å². The average Bonchev–Trinajstić information content (AvgIpc) is 3.06. The molecule has 2 N–H and O–H groups in total. The summed E-state index contributed by atoms with van der Waals surface area (Å²) >= 11 is 0. The van der Waals surface area contributed by atoms with Crippen LogP contribution in [0.3, 0.4) is 0 Å². The van der Waals surface area contributed by atoms with E-state index in [2.05, 4.69) is 27.7 Å². The highest BCUT2D eigenvalue weighted by atomic mass is 16.5.